The van der Waals surface area contributed by atoms with Crippen LogP contribution in [-0.4, -0.2) is 35.7 Å². The maximum atomic E-state index is 13.7. The zero-order valence-corrected chi connectivity index (χ0v) is 20.1. The molecule has 0 unspecified atom stereocenters. The lowest BCUT2D eigenvalue weighted by atomic mass is 10.0. The van der Waals surface area contributed by atoms with Crippen LogP contribution in [0.5, 0.6) is 5.88 Å². The van der Waals surface area contributed by atoms with E-state index in [0.717, 1.165) is 6.08 Å². The van der Waals surface area contributed by atoms with E-state index in [0.29, 0.717) is 11.4 Å². The number of esters is 1. The van der Waals surface area contributed by atoms with Crippen LogP contribution >= 0.6 is 23.2 Å². The molecule has 1 aromatic carbocycles. The lowest BCUT2D eigenvalue weighted by molar-refractivity contribution is -0.154. The Labute approximate surface area is 213 Å². The predicted octanol–water partition coefficient (Wildman–Crippen LogP) is 5.62. The summed E-state index contributed by atoms with van der Waals surface area (Å²) in [5.74, 6) is -3.39. The van der Waals surface area contributed by atoms with Crippen LogP contribution in [0.3, 0.4) is 0 Å². The Morgan fingerprint density at radius 3 is 2.39 bits per heavy atom. The molecule has 0 aliphatic heterocycles. The molecule has 1 atom stereocenters. The molecule has 1 amide bonds. The smallest absolute Gasteiger partial charge is 0.412 e. The first-order valence-corrected chi connectivity index (χ1v) is 11.1. The molecular formula is C23H19Cl2F4N3O4. The highest BCUT2D eigenvalue weighted by Crippen LogP contribution is 2.36. The van der Waals surface area contributed by atoms with Crippen molar-refractivity contribution in [2.45, 2.75) is 32.0 Å². The van der Waals surface area contributed by atoms with Crippen molar-refractivity contribution >= 4 is 46.5 Å². The Hall–Kier alpha value is -3.31. The van der Waals surface area contributed by atoms with Gasteiger partial charge in [0.2, 0.25) is 11.8 Å². The molecule has 36 heavy (non-hydrogen) atoms. The van der Waals surface area contributed by atoms with Crippen LogP contribution in [0.1, 0.15) is 19.8 Å². The molecule has 3 rings (SSSR count). The van der Waals surface area contributed by atoms with Crippen LogP contribution in [-0.2, 0) is 14.3 Å². The van der Waals surface area contributed by atoms with Crippen LogP contribution in [0.4, 0.5) is 28.9 Å². The van der Waals surface area contributed by atoms with Crippen LogP contribution in [0.15, 0.2) is 53.8 Å². The van der Waals surface area contributed by atoms with E-state index in [2.05, 4.69) is 4.98 Å². The molecule has 1 aliphatic rings. The number of nitrogens with zero attached hydrogens (tertiary/aromatic N) is 2. The molecule has 0 radical (unpaired) electrons. The molecule has 0 saturated heterocycles. The number of hydrogen-bond donors (Lipinski definition) is 1. The maximum absolute atomic E-state index is 13.7. The van der Waals surface area contributed by atoms with Gasteiger partial charge in [-0.05, 0) is 38.0 Å². The molecule has 0 saturated carbocycles. The van der Waals surface area contributed by atoms with Crippen molar-refractivity contribution in [3.8, 4) is 5.88 Å². The molecule has 7 nitrogen and oxygen atoms in total. The number of hydrogen-bond acceptors (Lipinski definition) is 6. The predicted molar refractivity (Wildman–Crippen MR) is 125 cm³/mol. The summed E-state index contributed by atoms with van der Waals surface area (Å²) >= 11 is 11.5. The highest BCUT2D eigenvalue weighted by Gasteiger charge is 2.35. The second-order valence-electron chi connectivity index (χ2n) is 7.53. The summed E-state index contributed by atoms with van der Waals surface area (Å²) in [6.45, 7) is 0.489. The molecule has 2 N–H and O–H groups in total. The largest absolute Gasteiger partial charge is 0.461 e. The number of amides is 1. The monoisotopic (exact) mass is 547 g/mol. The van der Waals surface area contributed by atoms with Crippen molar-refractivity contribution in [2.24, 2.45) is 0 Å². The average Bonchev–Trinajstić information content (AvgIpc) is 2.85. The highest BCUT2D eigenvalue weighted by molar-refractivity contribution is 6.39. The summed E-state index contributed by atoms with van der Waals surface area (Å²) in [6, 6.07) is 8.16. The average molecular weight is 548 g/mol. The summed E-state index contributed by atoms with van der Waals surface area (Å²) in [4.78, 5) is 30.0. The number of para-hydroxylation sites is 1. The SMILES string of the molecule is C[C@@H](Oc1nc(F)c(Cl)c(N)c1Cl)C(=O)OCC(=O)N(C1=CC=C(C(F)(F)F)CC1)c1ccccc1. The Bertz CT molecular complexity index is 1220. The number of nitrogen functional groups attached to an aromatic ring is 1. The quantitative estimate of drug-likeness (QED) is 0.274. The molecule has 2 aromatic rings. The minimum Gasteiger partial charge on any atom is -0.461 e. The Balaban J connectivity index is 1.73. The normalized spacial score (nSPS) is 14.4. The molecular weight excluding hydrogens is 529 g/mol. The number of allylic oxidation sites excluding steroid dienone is 4. The number of ether oxygens (including phenoxy) is 2. The van der Waals surface area contributed by atoms with Crippen LogP contribution in [0, 0.1) is 5.95 Å². The number of pyridine rings is 1. The van der Waals surface area contributed by atoms with E-state index in [-0.39, 0.29) is 23.6 Å². The van der Waals surface area contributed by atoms with Gasteiger partial charge in [-0.25, -0.2) is 4.79 Å². The fourth-order valence-corrected chi connectivity index (χ4v) is 3.58. The van der Waals surface area contributed by atoms with E-state index < -0.39 is 53.2 Å². The molecule has 0 bridgehead atoms. The van der Waals surface area contributed by atoms with Gasteiger partial charge in [0.05, 0.1) is 5.69 Å². The van der Waals surface area contributed by atoms with E-state index >= 15 is 0 Å². The van der Waals surface area contributed by atoms with Crippen LogP contribution in [0.2, 0.25) is 10.0 Å². The lowest BCUT2D eigenvalue weighted by Gasteiger charge is -2.28. The summed E-state index contributed by atoms with van der Waals surface area (Å²) in [6.07, 6.45) is -4.10. The summed E-state index contributed by atoms with van der Waals surface area (Å²) in [5, 5.41) is -0.828. The number of aromatic nitrogens is 1. The first kappa shape index (κ1) is 27.3. The number of anilines is 2. The third-order valence-electron chi connectivity index (χ3n) is 5.04. The Kier molecular flexibility index (Phi) is 8.47. The first-order chi connectivity index (χ1) is 16.9. The second kappa shape index (κ2) is 11.2. The second-order valence-corrected chi connectivity index (χ2v) is 8.29. The number of rotatable bonds is 7. The number of alkyl halides is 3. The number of benzene rings is 1. The van der Waals surface area contributed by atoms with Crippen LogP contribution in [0.25, 0.3) is 0 Å². The van der Waals surface area contributed by atoms with Gasteiger partial charge in [0.1, 0.15) is 10.0 Å². The summed E-state index contributed by atoms with van der Waals surface area (Å²) < 4.78 is 62.9. The van der Waals surface area contributed by atoms with Crippen molar-refractivity contribution in [2.75, 3.05) is 17.2 Å². The molecule has 1 aliphatic carbocycles. The van der Waals surface area contributed by atoms with Gasteiger partial charge >= 0.3 is 12.1 Å². The number of halogens is 6. The molecule has 0 fully saturated rings. The van der Waals surface area contributed by atoms with Gasteiger partial charge in [0.25, 0.3) is 5.91 Å². The van der Waals surface area contributed by atoms with Gasteiger partial charge < -0.3 is 15.2 Å². The van der Waals surface area contributed by atoms with E-state index in [1.807, 2.05) is 0 Å². The first-order valence-electron chi connectivity index (χ1n) is 10.4. The molecule has 1 heterocycles. The minimum absolute atomic E-state index is 0.0623. The lowest BCUT2D eigenvalue weighted by Crippen LogP contribution is -2.37. The molecule has 192 valence electrons. The minimum atomic E-state index is -4.47. The summed E-state index contributed by atoms with van der Waals surface area (Å²) in [5.41, 5.74) is 5.19. The van der Waals surface area contributed by atoms with Gasteiger partial charge in [-0.3, -0.25) is 9.69 Å². The van der Waals surface area contributed by atoms with Gasteiger partial charge in [-0.1, -0.05) is 47.5 Å². The number of nitrogens with two attached hydrogens (primary N) is 1. The zero-order valence-electron chi connectivity index (χ0n) is 18.6. The molecule has 1 aromatic heterocycles. The molecule has 13 heteroatoms. The topological polar surface area (TPSA) is 94.8 Å². The highest BCUT2D eigenvalue weighted by atomic mass is 35.5. The standard InChI is InChI=1S/C23H19Cl2F4N3O4/c1-12(36-21-18(25)19(30)17(24)20(26)31-21)22(34)35-11-16(33)32(14-5-3-2-4-6-14)15-9-7-13(8-10-15)23(27,28)29/h2-7,9,12H,8,10-11H2,1H3,(H2,30,31)/t12-/m1/s1. The van der Waals surface area contributed by atoms with E-state index in [1.165, 1.54) is 17.9 Å². The number of carbonyl (C=O) groups excluding carboxylic acids is 2. The fraction of sp³-hybridized carbons (Fsp3) is 0.261. The van der Waals surface area contributed by atoms with Gasteiger partial charge in [0.15, 0.2) is 12.7 Å². The van der Waals surface area contributed by atoms with Crippen molar-refractivity contribution in [3.63, 3.8) is 0 Å². The van der Waals surface area contributed by atoms with E-state index in [4.69, 9.17) is 38.4 Å². The van der Waals surface area contributed by atoms with E-state index in [9.17, 15) is 27.2 Å². The van der Waals surface area contributed by atoms with Crippen LogP contribution < -0.4 is 15.4 Å². The van der Waals surface area contributed by atoms with Gasteiger partial charge in [-0.15, -0.1) is 0 Å². The summed E-state index contributed by atoms with van der Waals surface area (Å²) in [7, 11) is 0. The Morgan fingerprint density at radius 2 is 1.81 bits per heavy atom. The maximum Gasteiger partial charge on any atom is 0.412 e. The fourth-order valence-electron chi connectivity index (χ4n) is 3.21. The number of carbonyl (C=O) groups is 2. The van der Waals surface area contributed by atoms with Gasteiger partial charge in [-0.2, -0.15) is 22.5 Å². The van der Waals surface area contributed by atoms with Crippen molar-refractivity contribution < 1.29 is 36.6 Å². The zero-order chi connectivity index (χ0) is 26.6. The third kappa shape index (κ3) is 6.27. The Morgan fingerprint density at radius 1 is 1.14 bits per heavy atom. The van der Waals surface area contributed by atoms with Crippen molar-refractivity contribution in [3.05, 3.63) is 69.7 Å². The van der Waals surface area contributed by atoms with Gasteiger partial charge in [0, 0.05) is 17.0 Å². The van der Waals surface area contributed by atoms with Crippen molar-refractivity contribution in [1.29, 1.82) is 0 Å². The van der Waals surface area contributed by atoms with Crippen molar-refractivity contribution in [1.82, 2.24) is 4.98 Å². The third-order valence-corrected chi connectivity index (χ3v) is 5.77. The van der Waals surface area contributed by atoms with E-state index in [1.54, 1.807) is 30.3 Å². The molecule has 0 spiro atoms.